The van der Waals surface area contributed by atoms with Crippen LogP contribution in [0.4, 0.5) is 0 Å². The van der Waals surface area contributed by atoms with Crippen LogP contribution < -0.4 is 9.30 Å². The van der Waals surface area contributed by atoms with Gasteiger partial charge in [-0.3, -0.25) is 4.57 Å². The summed E-state index contributed by atoms with van der Waals surface area (Å²) in [6.07, 6.45) is 5.61. The fourth-order valence-electron chi connectivity index (χ4n) is 9.17. The molecule has 0 saturated carbocycles. The van der Waals surface area contributed by atoms with Crippen LogP contribution in [0.1, 0.15) is 112 Å². The zero-order chi connectivity index (χ0) is 53.0. The first-order valence-electron chi connectivity index (χ1n) is 26.3. The van der Waals surface area contributed by atoms with Gasteiger partial charge in [-0.2, -0.15) is 18.2 Å². The summed E-state index contributed by atoms with van der Waals surface area (Å²) in [7, 11) is 0. The van der Waals surface area contributed by atoms with Crippen LogP contribution in [0.2, 0.25) is 0 Å². The topological polar surface area (TPSA) is 35.9 Å². The Balaban J connectivity index is 0.00000689. The summed E-state index contributed by atoms with van der Waals surface area (Å²) in [5, 5.41) is 2.12. The Bertz CT molecular complexity index is 3840. The molecule has 0 amide bonds. The number of aromatic nitrogens is 4. The Hall–Kier alpha value is -6.55. The molecule has 7 aromatic carbocycles. The number of pyridine rings is 1. The van der Waals surface area contributed by atoms with Gasteiger partial charge in [0, 0.05) is 44.3 Å². The number of nitrogens with zero attached hydrogens (tertiary/aromatic N) is 4. The molecule has 0 saturated heterocycles. The minimum absolute atomic E-state index is 0. The third kappa shape index (κ3) is 9.17. The van der Waals surface area contributed by atoms with E-state index in [1.807, 2.05) is 51.7 Å². The Morgan fingerprint density at radius 2 is 1.24 bits per heavy atom. The fourth-order valence-corrected chi connectivity index (χ4v) is 9.17. The Kier molecular flexibility index (Phi) is 10.9. The van der Waals surface area contributed by atoms with Gasteiger partial charge < -0.3 is 13.9 Å². The standard InChI is InChI=1S/C64H62N4O.Pt/c1-61(2,3)45-28-25-42(26-29-45)44-27-32-56-58(35-44)66(41-67(56)60-53(43-19-14-13-15-20-43)36-47(63(7,8)9)37-54(60)64(10,11)12)48-21-18-22-49(39-48)69-50-30-31-52-51-23-16-17-24-55(51)68(57(52)40-50)59-38-46(33-34-65-59)62(4,5)6;/h13-38H,1-12H3;/q-2;/i13D,14D,15D,19D,20D;. The molecule has 356 valence electrons. The zero-order valence-corrected chi connectivity index (χ0v) is 44.4. The number of hydrogen-bond donors (Lipinski definition) is 0. The summed E-state index contributed by atoms with van der Waals surface area (Å²) in [6, 6.07) is 47.1. The van der Waals surface area contributed by atoms with E-state index in [9.17, 15) is 2.74 Å². The second kappa shape index (κ2) is 18.0. The molecule has 0 bridgehead atoms. The molecule has 10 aromatic rings. The summed E-state index contributed by atoms with van der Waals surface area (Å²) < 4.78 is 57.6. The van der Waals surface area contributed by atoms with E-state index < -0.39 is 11.5 Å². The molecule has 0 radical (unpaired) electrons. The molecule has 0 aliphatic heterocycles. The predicted octanol–water partition coefficient (Wildman–Crippen LogP) is 16.1. The molecule has 0 fully saturated rings. The van der Waals surface area contributed by atoms with Crippen LogP contribution in [0.5, 0.6) is 11.5 Å². The third-order valence-electron chi connectivity index (χ3n) is 13.1. The van der Waals surface area contributed by atoms with Crippen molar-refractivity contribution in [1.82, 2.24) is 14.1 Å². The van der Waals surface area contributed by atoms with E-state index in [2.05, 4.69) is 191 Å². The average Bonchev–Trinajstić information content (AvgIpc) is 3.90. The van der Waals surface area contributed by atoms with Crippen LogP contribution in [-0.2, 0) is 42.7 Å². The number of ether oxygens (including phenoxy) is 1. The maximum atomic E-state index is 9.32. The van der Waals surface area contributed by atoms with Crippen molar-refractivity contribution in [2.45, 2.75) is 105 Å². The van der Waals surface area contributed by atoms with Gasteiger partial charge in [0.05, 0.1) is 23.6 Å². The van der Waals surface area contributed by atoms with Crippen LogP contribution in [0.15, 0.2) is 158 Å². The second-order valence-corrected chi connectivity index (χ2v) is 22.3. The number of fused-ring (bicyclic) bond motifs is 4. The summed E-state index contributed by atoms with van der Waals surface area (Å²) in [5.41, 5.74) is 10.9. The average molecular weight is 1100 g/mol. The summed E-state index contributed by atoms with van der Waals surface area (Å²) in [5.74, 6) is 1.78. The molecule has 3 aromatic heterocycles. The van der Waals surface area contributed by atoms with E-state index in [0.717, 1.165) is 60.9 Å². The van der Waals surface area contributed by atoms with E-state index in [-0.39, 0.29) is 67.0 Å². The largest absolute Gasteiger partial charge is 0.510 e. The van der Waals surface area contributed by atoms with Gasteiger partial charge in [-0.1, -0.05) is 186 Å². The number of imidazole rings is 1. The van der Waals surface area contributed by atoms with Gasteiger partial charge >= 0.3 is 0 Å². The number of benzene rings is 7. The van der Waals surface area contributed by atoms with Gasteiger partial charge in [-0.25, -0.2) is 4.98 Å². The molecule has 0 aliphatic carbocycles. The number of rotatable bonds is 7. The van der Waals surface area contributed by atoms with E-state index in [0.29, 0.717) is 28.4 Å². The molecular formula is C64H62N4OPt-2. The second-order valence-electron chi connectivity index (χ2n) is 22.3. The van der Waals surface area contributed by atoms with E-state index in [1.165, 1.54) is 11.1 Å². The van der Waals surface area contributed by atoms with Crippen molar-refractivity contribution in [2.24, 2.45) is 0 Å². The monoisotopic (exact) mass is 1100 g/mol. The van der Waals surface area contributed by atoms with Crippen LogP contribution in [0.3, 0.4) is 0 Å². The first-order chi connectivity index (χ1) is 34.8. The van der Waals surface area contributed by atoms with Gasteiger partial charge in [0.1, 0.15) is 5.82 Å². The quantitative estimate of drug-likeness (QED) is 0.118. The molecule has 0 unspecified atom stereocenters. The van der Waals surface area contributed by atoms with E-state index in [1.54, 1.807) is 0 Å². The third-order valence-corrected chi connectivity index (χ3v) is 13.1. The Labute approximate surface area is 436 Å². The van der Waals surface area contributed by atoms with Crippen molar-refractivity contribution < 1.29 is 37.2 Å². The van der Waals surface area contributed by atoms with Crippen molar-refractivity contribution in [3.05, 3.63) is 198 Å². The Morgan fingerprint density at radius 1 is 0.557 bits per heavy atom. The number of hydrogen-bond acceptors (Lipinski definition) is 2. The van der Waals surface area contributed by atoms with Gasteiger partial charge in [0.2, 0.25) is 0 Å². The molecule has 0 spiro atoms. The molecule has 0 atom stereocenters. The minimum atomic E-state index is -0.475. The summed E-state index contributed by atoms with van der Waals surface area (Å²) >= 11 is 0. The van der Waals surface area contributed by atoms with Crippen molar-refractivity contribution in [3.8, 4) is 50.9 Å². The normalized spacial score (nSPS) is 13.5. The van der Waals surface area contributed by atoms with Gasteiger partial charge in [0.25, 0.3) is 6.33 Å². The molecule has 70 heavy (non-hydrogen) atoms. The van der Waals surface area contributed by atoms with E-state index in [4.69, 9.17) is 13.8 Å². The van der Waals surface area contributed by atoms with Crippen molar-refractivity contribution in [2.75, 3.05) is 0 Å². The molecule has 0 N–H and O–H groups in total. The SMILES string of the molecule is [2H]c1c([2H])c([2H])c(-c2cc(C(C)(C)C)cc(C(C)(C)C)c2-[n+]2[c-]n(-c3[c-]c(Oc4[c-]c5c(cc4)c4ccccc4n5-c4cc(C(C)(C)C)ccn4)ccc3)c3cc(-c4ccc(C(C)(C)C)cc4)ccc32)c([2H])c1[2H].[Pt]. The maximum absolute atomic E-state index is 9.32. The van der Waals surface area contributed by atoms with Crippen LogP contribution in [0, 0.1) is 18.5 Å². The van der Waals surface area contributed by atoms with Gasteiger partial charge in [-0.15, -0.1) is 29.7 Å². The van der Waals surface area contributed by atoms with Crippen LogP contribution in [-0.4, -0.2) is 14.1 Å². The smallest absolute Gasteiger partial charge is 0.268 e. The first-order valence-corrected chi connectivity index (χ1v) is 23.8. The fraction of sp³-hybridized carbons (Fsp3) is 0.250. The summed E-state index contributed by atoms with van der Waals surface area (Å²) in [6.45, 7) is 26.1. The summed E-state index contributed by atoms with van der Waals surface area (Å²) in [4.78, 5) is 4.86. The van der Waals surface area contributed by atoms with E-state index >= 15 is 0 Å². The molecule has 5 nitrogen and oxygen atoms in total. The molecule has 6 heteroatoms. The molecule has 0 aliphatic rings. The maximum Gasteiger partial charge on any atom is 0.268 e. The minimum Gasteiger partial charge on any atom is -0.510 e. The molecule has 3 heterocycles. The number of para-hydroxylation sites is 1. The Morgan fingerprint density at radius 3 is 1.94 bits per heavy atom. The van der Waals surface area contributed by atoms with Crippen LogP contribution in [0.25, 0.3) is 72.3 Å². The van der Waals surface area contributed by atoms with Crippen molar-refractivity contribution in [1.29, 1.82) is 0 Å². The predicted molar refractivity (Wildman–Crippen MR) is 286 cm³/mol. The van der Waals surface area contributed by atoms with Crippen molar-refractivity contribution in [3.63, 3.8) is 0 Å². The zero-order valence-electron chi connectivity index (χ0n) is 47.1. The molecular weight excluding hydrogens is 1040 g/mol. The first kappa shape index (κ1) is 42.3. The van der Waals surface area contributed by atoms with Gasteiger partial charge in [0.15, 0.2) is 0 Å². The van der Waals surface area contributed by atoms with Crippen molar-refractivity contribution >= 4 is 32.8 Å². The van der Waals surface area contributed by atoms with Crippen LogP contribution >= 0.6 is 0 Å². The van der Waals surface area contributed by atoms with Gasteiger partial charge in [-0.05, 0) is 102 Å². The molecule has 10 rings (SSSR count).